The van der Waals surface area contributed by atoms with Gasteiger partial charge in [-0.1, -0.05) is 48.5 Å². The van der Waals surface area contributed by atoms with Crippen molar-refractivity contribution in [2.75, 3.05) is 59.0 Å². The molecule has 3 aliphatic heterocycles. The molecule has 0 spiro atoms. The second kappa shape index (κ2) is 13.2. The van der Waals surface area contributed by atoms with Gasteiger partial charge in [0.2, 0.25) is 5.91 Å². The molecule has 6 rings (SSSR count). The summed E-state index contributed by atoms with van der Waals surface area (Å²) in [7, 11) is 0. The molecular formula is C35H42N4O4. The van der Waals surface area contributed by atoms with E-state index >= 15 is 0 Å². The van der Waals surface area contributed by atoms with Gasteiger partial charge in [-0.2, -0.15) is 0 Å². The molecule has 0 unspecified atom stereocenters. The highest BCUT2D eigenvalue weighted by molar-refractivity contribution is 6.01. The van der Waals surface area contributed by atoms with Crippen molar-refractivity contribution >= 4 is 11.8 Å². The number of amides is 2. The first kappa shape index (κ1) is 29.2. The van der Waals surface area contributed by atoms with Gasteiger partial charge in [0.25, 0.3) is 5.91 Å². The molecule has 0 saturated carbocycles. The summed E-state index contributed by atoms with van der Waals surface area (Å²) in [5.41, 5.74) is 4.82. The molecular weight excluding hydrogens is 540 g/mol. The van der Waals surface area contributed by atoms with Gasteiger partial charge in [0.15, 0.2) is 11.5 Å². The van der Waals surface area contributed by atoms with Crippen LogP contribution >= 0.6 is 0 Å². The normalized spacial score (nSPS) is 20.1. The summed E-state index contributed by atoms with van der Waals surface area (Å²) in [6.45, 7) is 11.8. The lowest BCUT2D eigenvalue weighted by Crippen LogP contribution is -2.51. The molecule has 1 fully saturated rings. The number of piperazine rings is 1. The Bertz CT molecular complexity index is 1440. The zero-order chi connectivity index (χ0) is 29.8. The van der Waals surface area contributed by atoms with Gasteiger partial charge in [0.1, 0.15) is 0 Å². The molecule has 0 aromatic heterocycles. The van der Waals surface area contributed by atoms with E-state index in [-0.39, 0.29) is 11.8 Å². The Morgan fingerprint density at radius 2 is 1.51 bits per heavy atom. The van der Waals surface area contributed by atoms with Crippen LogP contribution in [0.4, 0.5) is 0 Å². The standard InChI is InChI=1S/C35H42N4O4/c1-3-42-30-22-26-14-16-39-33(29(26)23-31(30)43-4-2)32(27-12-8-9-13-28(27)35(39)41)34(40)36-15-17-37-18-20-38(21-19-37)24-25-10-6-5-7-11-25/h5-13,22-23,32-33H,3-4,14-21,24H2,1-2H3,(H,36,40)/t32-,33-/m0/s1. The first-order valence-electron chi connectivity index (χ1n) is 15.7. The number of carbonyl (C=O) groups is 2. The van der Waals surface area contributed by atoms with Gasteiger partial charge in [-0.15, -0.1) is 0 Å². The molecule has 226 valence electrons. The molecule has 0 bridgehead atoms. The second-order valence-corrected chi connectivity index (χ2v) is 11.5. The van der Waals surface area contributed by atoms with Crippen LogP contribution in [-0.2, 0) is 17.8 Å². The Kier molecular flexibility index (Phi) is 8.95. The Labute approximate surface area is 254 Å². The predicted molar refractivity (Wildman–Crippen MR) is 167 cm³/mol. The first-order chi connectivity index (χ1) is 21.1. The van der Waals surface area contributed by atoms with Crippen molar-refractivity contribution in [3.63, 3.8) is 0 Å². The molecule has 8 nitrogen and oxygen atoms in total. The Hall–Kier alpha value is -3.88. The number of fused-ring (bicyclic) bond motifs is 4. The molecule has 3 aromatic carbocycles. The number of hydrogen-bond donors (Lipinski definition) is 1. The lowest BCUT2D eigenvalue weighted by atomic mass is 9.75. The van der Waals surface area contributed by atoms with Crippen molar-refractivity contribution in [2.24, 2.45) is 0 Å². The Balaban J connectivity index is 1.18. The third kappa shape index (κ3) is 6.12. The fourth-order valence-electron chi connectivity index (χ4n) is 6.81. The van der Waals surface area contributed by atoms with E-state index in [1.165, 1.54) is 5.56 Å². The molecule has 3 aliphatic rings. The minimum Gasteiger partial charge on any atom is -0.490 e. The summed E-state index contributed by atoms with van der Waals surface area (Å²) in [6, 6.07) is 21.8. The molecule has 3 aromatic rings. The molecule has 43 heavy (non-hydrogen) atoms. The van der Waals surface area contributed by atoms with Crippen molar-refractivity contribution in [1.29, 1.82) is 0 Å². The van der Waals surface area contributed by atoms with E-state index in [4.69, 9.17) is 9.47 Å². The summed E-state index contributed by atoms with van der Waals surface area (Å²) in [6.07, 6.45) is 0.705. The highest BCUT2D eigenvalue weighted by Gasteiger charge is 2.46. The van der Waals surface area contributed by atoms with Crippen molar-refractivity contribution in [3.05, 3.63) is 94.5 Å². The monoisotopic (exact) mass is 582 g/mol. The smallest absolute Gasteiger partial charge is 0.254 e. The molecule has 1 saturated heterocycles. The number of ether oxygens (including phenoxy) is 2. The third-order valence-electron chi connectivity index (χ3n) is 8.91. The van der Waals surface area contributed by atoms with Gasteiger partial charge in [0.05, 0.1) is 25.2 Å². The lowest BCUT2D eigenvalue weighted by Gasteiger charge is -2.45. The van der Waals surface area contributed by atoms with E-state index in [0.29, 0.717) is 49.8 Å². The molecule has 2 atom stereocenters. The average Bonchev–Trinajstić information content (AvgIpc) is 3.03. The van der Waals surface area contributed by atoms with Crippen LogP contribution in [0, 0.1) is 0 Å². The Morgan fingerprint density at radius 1 is 0.837 bits per heavy atom. The maximum Gasteiger partial charge on any atom is 0.254 e. The van der Waals surface area contributed by atoms with Crippen LogP contribution < -0.4 is 14.8 Å². The minimum absolute atomic E-state index is 0.0180. The largest absolute Gasteiger partial charge is 0.490 e. The van der Waals surface area contributed by atoms with Gasteiger partial charge >= 0.3 is 0 Å². The molecule has 1 N–H and O–H groups in total. The maximum absolute atomic E-state index is 14.1. The van der Waals surface area contributed by atoms with Crippen LogP contribution in [0.1, 0.15) is 58.4 Å². The molecule has 0 radical (unpaired) electrons. The number of nitrogens with zero attached hydrogens (tertiary/aromatic N) is 3. The molecule has 3 heterocycles. The maximum atomic E-state index is 14.1. The highest BCUT2D eigenvalue weighted by atomic mass is 16.5. The van der Waals surface area contributed by atoms with Crippen LogP contribution in [-0.4, -0.2) is 85.5 Å². The quantitative estimate of drug-likeness (QED) is 0.385. The zero-order valence-electron chi connectivity index (χ0n) is 25.3. The van der Waals surface area contributed by atoms with E-state index in [2.05, 4.69) is 45.4 Å². The van der Waals surface area contributed by atoms with E-state index in [0.717, 1.165) is 56.0 Å². The topological polar surface area (TPSA) is 74.4 Å². The van der Waals surface area contributed by atoms with Crippen LogP contribution in [0.3, 0.4) is 0 Å². The van der Waals surface area contributed by atoms with E-state index < -0.39 is 12.0 Å². The first-order valence-corrected chi connectivity index (χ1v) is 15.7. The number of nitrogens with one attached hydrogen (secondary N) is 1. The van der Waals surface area contributed by atoms with E-state index in [1.54, 1.807) is 0 Å². The summed E-state index contributed by atoms with van der Waals surface area (Å²) in [5, 5.41) is 3.25. The van der Waals surface area contributed by atoms with Crippen LogP contribution in [0.25, 0.3) is 0 Å². The number of hydrogen-bond acceptors (Lipinski definition) is 6. The highest BCUT2D eigenvalue weighted by Crippen LogP contribution is 2.48. The third-order valence-corrected chi connectivity index (χ3v) is 8.91. The fraction of sp³-hybridized carbons (Fsp3) is 0.429. The van der Waals surface area contributed by atoms with Crippen molar-refractivity contribution < 1.29 is 19.1 Å². The second-order valence-electron chi connectivity index (χ2n) is 11.5. The van der Waals surface area contributed by atoms with Crippen LogP contribution in [0.15, 0.2) is 66.7 Å². The number of benzene rings is 3. The summed E-state index contributed by atoms with van der Waals surface area (Å²) in [5.74, 6) is 0.793. The SMILES string of the molecule is CCOc1cc2c(cc1OCC)[C@H]1[C@@H](C(=O)NCCN3CCN(Cc4ccccc4)CC3)c3ccccc3C(=O)N1CC2. The Morgan fingerprint density at radius 3 is 2.26 bits per heavy atom. The molecule has 2 amide bonds. The predicted octanol–water partition coefficient (Wildman–Crippen LogP) is 4.25. The van der Waals surface area contributed by atoms with E-state index in [1.807, 2.05) is 55.1 Å². The van der Waals surface area contributed by atoms with Crippen LogP contribution in [0.5, 0.6) is 11.5 Å². The van der Waals surface area contributed by atoms with Gasteiger partial charge in [-0.05, 0) is 60.7 Å². The summed E-state index contributed by atoms with van der Waals surface area (Å²) in [4.78, 5) is 34.6. The molecule has 0 aliphatic carbocycles. The fourth-order valence-corrected chi connectivity index (χ4v) is 6.81. The van der Waals surface area contributed by atoms with Gasteiger partial charge in [-0.3, -0.25) is 19.4 Å². The summed E-state index contributed by atoms with van der Waals surface area (Å²) < 4.78 is 11.9. The van der Waals surface area contributed by atoms with Crippen LogP contribution in [0.2, 0.25) is 0 Å². The minimum atomic E-state index is -0.511. The van der Waals surface area contributed by atoms with E-state index in [9.17, 15) is 9.59 Å². The van der Waals surface area contributed by atoms with Gasteiger partial charge < -0.3 is 19.7 Å². The van der Waals surface area contributed by atoms with Crippen molar-refractivity contribution in [2.45, 2.75) is 38.8 Å². The molecule has 8 heteroatoms. The van der Waals surface area contributed by atoms with Gasteiger partial charge in [-0.25, -0.2) is 0 Å². The average molecular weight is 583 g/mol. The van der Waals surface area contributed by atoms with Crippen molar-refractivity contribution in [1.82, 2.24) is 20.0 Å². The van der Waals surface area contributed by atoms with Crippen molar-refractivity contribution in [3.8, 4) is 11.5 Å². The number of carbonyl (C=O) groups excluding carboxylic acids is 2. The van der Waals surface area contributed by atoms with Gasteiger partial charge in [0, 0.05) is 57.9 Å². The summed E-state index contributed by atoms with van der Waals surface area (Å²) >= 11 is 0. The zero-order valence-corrected chi connectivity index (χ0v) is 25.3. The number of rotatable bonds is 10. The lowest BCUT2D eigenvalue weighted by molar-refractivity contribution is -0.124.